The first-order chi connectivity index (χ1) is 12.9. The number of imidazole rings is 1. The molecule has 28 heavy (non-hydrogen) atoms. The Labute approximate surface area is 153 Å². The van der Waals surface area contributed by atoms with E-state index in [9.17, 15) is 35.9 Å². The number of hydrogen-bond acceptors (Lipinski definition) is 5. The number of rotatable bonds is 5. The van der Waals surface area contributed by atoms with Gasteiger partial charge in [0, 0.05) is 23.9 Å². The molecule has 2 aromatic heterocycles. The largest absolute Gasteiger partial charge is 0.467 e. The van der Waals surface area contributed by atoms with E-state index in [0.717, 1.165) is 7.11 Å². The number of aromatic amines is 1. The lowest BCUT2D eigenvalue weighted by Gasteiger charge is -2.17. The summed E-state index contributed by atoms with van der Waals surface area (Å²) < 4.78 is 81.6. The molecule has 0 saturated heterocycles. The van der Waals surface area contributed by atoms with Crippen LogP contribution in [0.1, 0.15) is 27.4 Å². The number of methoxy groups -OCH3 is 1. The molecule has 0 spiro atoms. The highest BCUT2D eigenvalue weighted by Gasteiger charge is 2.39. The van der Waals surface area contributed by atoms with Crippen LogP contribution in [0.3, 0.4) is 0 Å². The van der Waals surface area contributed by atoms with E-state index >= 15 is 0 Å². The monoisotopic (exact) mass is 410 g/mol. The minimum atomic E-state index is -5.21. The smallest absolute Gasteiger partial charge is 0.433 e. The van der Waals surface area contributed by atoms with Gasteiger partial charge in [0.2, 0.25) is 0 Å². The summed E-state index contributed by atoms with van der Waals surface area (Å²) in [4.78, 5) is 32.9. The van der Waals surface area contributed by atoms with E-state index in [1.54, 1.807) is 0 Å². The number of amides is 1. The first-order valence-corrected chi connectivity index (χ1v) is 7.44. The van der Waals surface area contributed by atoms with Crippen molar-refractivity contribution >= 4 is 11.9 Å². The maximum absolute atomic E-state index is 12.9. The van der Waals surface area contributed by atoms with Crippen LogP contribution in [0.15, 0.2) is 24.7 Å². The van der Waals surface area contributed by atoms with E-state index in [0.29, 0.717) is 5.69 Å². The number of nitrogens with zero attached hydrogens (tertiary/aromatic N) is 2. The average molecular weight is 410 g/mol. The maximum Gasteiger partial charge on any atom is 0.433 e. The van der Waals surface area contributed by atoms with Gasteiger partial charge in [0.25, 0.3) is 5.91 Å². The summed E-state index contributed by atoms with van der Waals surface area (Å²) in [5.41, 5.74) is -4.38. The minimum Gasteiger partial charge on any atom is -0.467 e. The zero-order chi connectivity index (χ0) is 21.1. The van der Waals surface area contributed by atoms with Crippen molar-refractivity contribution in [3.63, 3.8) is 0 Å². The van der Waals surface area contributed by atoms with Crippen LogP contribution in [-0.4, -0.2) is 40.0 Å². The number of esters is 1. The Hall–Kier alpha value is -3.12. The van der Waals surface area contributed by atoms with Gasteiger partial charge >= 0.3 is 18.3 Å². The molecule has 0 aliphatic heterocycles. The van der Waals surface area contributed by atoms with E-state index in [2.05, 4.69) is 25.0 Å². The first kappa shape index (κ1) is 21.2. The highest BCUT2D eigenvalue weighted by molar-refractivity contribution is 5.97. The molecule has 0 saturated carbocycles. The fourth-order valence-electron chi connectivity index (χ4n) is 2.15. The van der Waals surface area contributed by atoms with Crippen LogP contribution in [0, 0.1) is 0 Å². The molecule has 0 unspecified atom stereocenters. The van der Waals surface area contributed by atoms with Crippen LogP contribution in [0.25, 0.3) is 0 Å². The van der Waals surface area contributed by atoms with Crippen LogP contribution in [0.2, 0.25) is 0 Å². The van der Waals surface area contributed by atoms with Crippen molar-refractivity contribution in [1.82, 2.24) is 20.3 Å². The number of H-pyrrole nitrogens is 1. The number of nitrogens with one attached hydrogen (secondary N) is 2. The van der Waals surface area contributed by atoms with Gasteiger partial charge in [0.1, 0.15) is 17.4 Å². The van der Waals surface area contributed by atoms with E-state index in [1.165, 1.54) is 12.5 Å². The molecule has 2 heterocycles. The van der Waals surface area contributed by atoms with Gasteiger partial charge in [0.15, 0.2) is 0 Å². The van der Waals surface area contributed by atoms with E-state index in [4.69, 9.17) is 0 Å². The van der Waals surface area contributed by atoms with Gasteiger partial charge in [-0.1, -0.05) is 0 Å². The molecule has 0 bridgehead atoms. The van der Waals surface area contributed by atoms with Crippen LogP contribution >= 0.6 is 0 Å². The van der Waals surface area contributed by atoms with Crippen molar-refractivity contribution in [3.05, 3.63) is 47.3 Å². The number of carbonyl (C=O) groups is 2. The Kier molecular flexibility index (Phi) is 5.95. The summed E-state index contributed by atoms with van der Waals surface area (Å²) in [7, 11) is 1.00. The molecular formula is C15H12F6N4O3. The van der Waals surface area contributed by atoms with Crippen LogP contribution in [0.5, 0.6) is 0 Å². The predicted octanol–water partition coefficient (Wildman–Crippen LogP) is 2.36. The topological polar surface area (TPSA) is 97.0 Å². The molecule has 2 N–H and O–H groups in total. The van der Waals surface area contributed by atoms with Gasteiger partial charge in [-0.25, -0.2) is 14.8 Å². The third kappa shape index (κ3) is 5.20. The second-order valence-corrected chi connectivity index (χ2v) is 5.45. The molecule has 0 aromatic carbocycles. The molecule has 0 aliphatic carbocycles. The summed E-state index contributed by atoms with van der Waals surface area (Å²) in [6.45, 7) is 0. The Morgan fingerprint density at radius 3 is 2.14 bits per heavy atom. The molecule has 13 heteroatoms. The van der Waals surface area contributed by atoms with E-state index < -0.39 is 47.2 Å². The number of ether oxygens (including phenoxy) is 1. The molecule has 152 valence electrons. The summed E-state index contributed by atoms with van der Waals surface area (Å²) >= 11 is 0. The summed E-state index contributed by atoms with van der Waals surface area (Å²) in [5, 5.41) is 2.06. The standard InChI is InChI=1S/C15H12F6N4O3/c1-28-13(27)9(4-8-5-22-6-23-8)24-12(26)7-2-10(14(16,17)18)25-11(3-7)15(19,20)21/h2-3,5-6,9H,4H2,1H3,(H,22,23)(H,24,26)/t9-/m1/s1. The minimum absolute atomic E-state index is 0.162. The molecule has 7 nitrogen and oxygen atoms in total. The number of pyridine rings is 1. The molecular weight excluding hydrogens is 398 g/mol. The van der Waals surface area contributed by atoms with E-state index in [-0.39, 0.29) is 18.6 Å². The predicted molar refractivity (Wildman–Crippen MR) is 79.8 cm³/mol. The summed E-state index contributed by atoms with van der Waals surface area (Å²) in [6, 6.07) is -1.06. The van der Waals surface area contributed by atoms with Gasteiger partial charge in [-0.05, 0) is 12.1 Å². The van der Waals surface area contributed by atoms with E-state index in [1.807, 2.05) is 0 Å². The van der Waals surface area contributed by atoms with Crippen molar-refractivity contribution in [3.8, 4) is 0 Å². The van der Waals surface area contributed by atoms with Gasteiger partial charge in [-0.3, -0.25) is 4.79 Å². The Bertz CT molecular complexity index is 816. The third-order valence-electron chi connectivity index (χ3n) is 3.44. The summed E-state index contributed by atoms with van der Waals surface area (Å²) in [6.07, 6.45) is -8.01. The summed E-state index contributed by atoms with van der Waals surface area (Å²) in [5.74, 6) is -2.29. The number of alkyl halides is 6. The van der Waals surface area contributed by atoms with Crippen LogP contribution in [-0.2, 0) is 28.3 Å². The third-order valence-corrected chi connectivity index (χ3v) is 3.44. The second-order valence-electron chi connectivity index (χ2n) is 5.45. The van der Waals surface area contributed by atoms with Crippen molar-refractivity contribution in [2.75, 3.05) is 7.11 Å². The van der Waals surface area contributed by atoms with Crippen LogP contribution in [0.4, 0.5) is 26.3 Å². The quantitative estimate of drug-likeness (QED) is 0.583. The number of halogens is 6. The Morgan fingerprint density at radius 2 is 1.71 bits per heavy atom. The lowest BCUT2D eigenvalue weighted by atomic mass is 10.1. The van der Waals surface area contributed by atoms with Gasteiger partial charge in [-0.2, -0.15) is 26.3 Å². The lowest BCUT2D eigenvalue weighted by Crippen LogP contribution is -2.43. The van der Waals surface area contributed by atoms with Crippen molar-refractivity contribution in [2.24, 2.45) is 0 Å². The fraction of sp³-hybridized carbons (Fsp3) is 0.333. The molecule has 0 aliphatic rings. The Balaban J connectivity index is 2.36. The second kappa shape index (κ2) is 7.86. The highest BCUT2D eigenvalue weighted by atomic mass is 19.4. The molecule has 0 radical (unpaired) electrons. The molecule has 0 fully saturated rings. The molecule has 1 amide bonds. The van der Waals surface area contributed by atoms with Crippen molar-refractivity contribution in [1.29, 1.82) is 0 Å². The van der Waals surface area contributed by atoms with Crippen molar-refractivity contribution < 1.29 is 40.7 Å². The number of aromatic nitrogens is 3. The first-order valence-electron chi connectivity index (χ1n) is 7.44. The average Bonchev–Trinajstić information content (AvgIpc) is 3.11. The van der Waals surface area contributed by atoms with Crippen molar-refractivity contribution in [2.45, 2.75) is 24.8 Å². The van der Waals surface area contributed by atoms with Gasteiger partial charge < -0.3 is 15.0 Å². The maximum atomic E-state index is 12.9. The molecule has 1 atom stereocenters. The van der Waals surface area contributed by atoms with Crippen LogP contribution < -0.4 is 5.32 Å². The number of carbonyl (C=O) groups excluding carboxylic acids is 2. The normalized spacial score (nSPS) is 13.1. The molecule has 2 aromatic rings. The van der Waals surface area contributed by atoms with Gasteiger partial charge in [0.05, 0.1) is 13.4 Å². The highest BCUT2D eigenvalue weighted by Crippen LogP contribution is 2.33. The Morgan fingerprint density at radius 1 is 1.14 bits per heavy atom. The van der Waals surface area contributed by atoms with Gasteiger partial charge in [-0.15, -0.1) is 0 Å². The molecule has 2 rings (SSSR count). The lowest BCUT2D eigenvalue weighted by molar-refractivity contribution is -0.150. The zero-order valence-electron chi connectivity index (χ0n) is 14.0. The SMILES string of the molecule is COC(=O)[C@@H](Cc1cnc[nH]1)NC(=O)c1cc(C(F)(F)F)nc(C(F)(F)F)c1. The number of hydrogen-bond donors (Lipinski definition) is 2. The fourth-order valence-corrected chi connectivity index (χ4v) is 2.15. The zero-order valence-corrected chi connectivity index (χ0v) is 14.0.